The lowest BCUT2D eigenvalue weighted by Gasteiger charge is -2.18. The van der Waals surface area contributed by atoms with Crippen molar-refractivity contribution in [3.05, 3.63) is 48.6 Å². The second-order valence-electron chi connectivity index (χ2n) is 21.7. The number of allylic oxidation sites excluding steroid dienone is 8. The van der Waals surface area contributed by atoms with Crippen LogP contribution in [-0.4, -0.2) is 37.2 Å². The predicted octanol–water partition coefficient (Wildman–Crippen LogP) is 21.8. The van der Waals surface area contributed by atoms with Gasteiger partial charge in [-0.25, -0.2) is 0 Å². The molecule has 0 heterocycles. The maximum atomic E-state index is 12.9. The van der Waals surface area contributed by atoms with Gasteiger partial charge in [-0.05, 0) is 83.5 Å². The smallest absolute Gasteiger partial charge is 0.306 e. The Morgan fingerprint density at radius 3 is 0.808 bits per heavy atom. The standard InChI is InChI=1S/C67H122O6/c1-4-7-10-13-16-19-22-25-28-31-32-33-34-37-39-42-45-48-51-54-57-60-66(69)72-63-64(73-67(70)61-58-55-52-49-46-43-40-36-30-27-24-21-18-15-12-9-6-3)62-71-65(68)59-56-53-50-47-44-41-38-35-29-26-23-20-17-14-11-8-5-2/h17,20,25-26,28-29,38,41,64H,4-16,18-19,21-24,27,30-37,39-40,42-63H2,1-3H3/b20-17-,28-25-,29-26-,41-38-/t64-/m1/s1. The molecule has 0 rings (SSSR count). The number of hydrogen-bond donors (Lipinski definition) is 0. The highest BCUT2D eigenvalue weighted by molar-refractivity contribution is 5.71. The van der Waals surface area contributed by atoms with E-state index in [0.717, 1.165) is 83.5 Å². The van der Waals surface area contributed by atoms with Gasteiger partial charge in [-0.3, -0.25) is 14.4 Å². The summed E-state index contributed by atoms with van der Waals surface area (Å²) in [6, 6.07) is 0. The van der Waals surface area contributed by atoms with Crippen molar-refractivity contribution in [2.45, 2.75) is 348 Å². The minimum absolute atomic E-state index is 0.0770. The van der Waals surface area contributed by atoms with Crippen molar-refractivity contribution in [3.8, 4) is 0 Å². The molecule has 0 fully saturated rings. The topological polar surface area (TPSA) is 78.9 Å². The van der Waals surface area contributed by atoms with E-state index in [1.165, 1.54) is 218 Å². The van der Waals surface area contributed by atoms with E-state index < -0.39 is 6.10 Å². The van der Waals surface area contributed by atoms with Crippen molar-refractivity contribution in [1.29, 1.82) is 0 Å². The van der Waals surface area contributed by atoms with Crippen molar-refractivity contribution in [1.82, 2.24) is 0 Å². The Morgan fingerprint density at radius 1 is 0.274 bits per heavy atom. The number of ether oxygens (including phenoxy) is 3. The molecule has 1 atom stereocenters. The first-order valence-electron chi connectivity index (χ1n) is 32.1. The fraction of sp³-hybridized carbons (Fsp3) is 0.836. The molecule has 0 aliphatic carbocycles. The van der Waals surface area contributed by atoms with Gasteiger partial charge < -0.3 is 14.2 Å². The molecule has 0 saturated heterocycles. The highest BCUT2D eigenvalue weighted by atomic mass is 16.6. The molecule has 0 aromatic rings. The average molecular weight is 1020 g/mol. The van der Waals surface area contributed by atoms with Gasteiger partial charge in [0.15, 0.2) is 6.10 Å². The lowest BCUT2D eigenvalue weighted by Crippen LogP contribution is -2.30. The van der Waals surface area contributed by atoms with E-state index in [1.807, 2.05) is 0 Å². The summed E-state index contributed by atoms with van der Waals surface area (Å²) in [5.74, 6) is -0.878. The van der Waals surface area contributed by atoms with Crippen LogP contribution in [0.15, 0.2) is 48.6 Å². The van der Waals surface area contributed by atoms with E-state index in [0.29, 0.717) is 19.3 Å². The zero-order valence-corrected chi connectivity index (χ0v) is 48.9. The Morgan fingerprint density at radius 2 is 0.493 bits per heavy atom. The maximum absolute atomic E-state index is 12.9. The maximum Gasteiger partial charge on any atom is 0.306 e. The summed E-state index contributed by atoms with van der Waals surface area (Å²) in [4.78, 5) is 38.3. The SMILES string of the molecule is CCCCC/C=C\C/C=C\C/C=C\CCCCCCC(=O)OC[C@H](COC(=O)CCCCCCCCCCCCC/C=C\CCCCCCCC)OC(=O)CCCCCCCCCCCCCCCCCCC. The van der Waals surface area contributed by atoms with Crippen molar-refractivity contribution >= 4 is 17.9 Å². The quantitative estimate of drug-likeness (QED) is 0.0261. The van der Waals surface area contributed by atoms with Gasteiger partial charge in [-0.1, -0.05) is 288 Å². The largest absolute Gasteiger partial charge is 0.462 e. The summed E-state index contributed by atoms with van der Waals surface area (Å²) >= 11 is 0. The Bertz CT molecular complexity index is 1270. The van der Waals surface area contributed by atoms with Crippen LogP contribution in [0.5, 0.6) is 0 Å². The number of carbonyl (C=O) groups excluding carboxylic acids is 3. The molecule has 0 aromatic heterocycles. The predicted molar refractivity (Wildman–Crippen MR) is 316 cm³/mol. The summed E-state index contributed by atoms with van der Waals surface area (Å²) in [7, 11) is 0. The van der Waals surface area contributed by atoms with Crippen LogP contribution in [0.2, 0.25) is 0 Å². The molecule has 426 valence electrons. The number of hydrogen-bond acceptors (Lipinski definition) is 6. The third-order valence-corrected chi connectivity index (χ3v) is 14.3. The molecule has 0 amide bonds. The van der Waals surface area contributed by atoms with E-state index in [2.05, 4.69) is 69.4 Å². The van der Waals surface area contributed by atoms with Crippen LogP contribution in [0.1, 0.15) is 342 Å². The molecular formula is C67H122O6. The van der Waals surface area contributed by atoms with Crippen molar-refractivity contribution in [3.63, 3.8) is 0 Å². The first-order valence-corrected chi connectivity index (χ1v) is 32.1. The lowest BCUT2D eigenvalue weighted by atomic mass is 10.0. The van der Waals surface area contributed by atoms with Gasteiger partial charge in [0.1, 0.15) is 13.2 Å². The summed E-state index contributed by atoms with van der Waals surface area (Å²) in [5.41, 5.74) is 0. The molecule has 0 bridgehead atoms. The Balaban J connectivity index is 4.35. The van der Waals surface area contributed by atoms with Crippen molar-refractivity contribution in [2.24, 2.45) is 0 Å². The number of carbonyl (C=O) groups is 3. The van der Waals surface area contributed by atoms with Crippen molar-refractivity contribution in [2.75, 3.05) is 13.2 Å². The summed E-state index contributed by atoms with van der Waals surface area (Å²) in [6.45, 7) is 6.64. The fourth-order valence-corrected chi connectivity index (χ4v) is 9.45. The average Bonchev–Trinajstić information content (AvgIpc) is 3.39. The lowest BCUT2D eigenvalue weighted by molar-refractivity contribution is -0.167. The summed E-state index contributed by atoms with van der Waals surface area (Å²) < 4.78 is 16.9. The van der Waals surface area contributed by atoms with Gasteiger partial charge in [0, 0.05) is 19.3 Å². The minimum Gasteiger partial charge on any atom is -0.462 e. The van der Waals surface area contributed by atoms with E-state index >= 15 is 0 Å². The van der Waals surface area contributed by atoms with Gasteiger partial charge in [0.05, 0.1) is 0 Å². The Labute approximate surface area is 454 Å². The van der Waals surface area contributed by atoms with Gasteiger partial charge in [0.25, 0.3) is 0 Å². The minimum atomic E-state index is -0.781. The zero-order valence-electron chi connectivity index (χ0n) is 48.9. The first-order chi connectivity index (χ1) is 36.0. The van der Waals surface area contributed by atoms with E-state index in [9.17, 15) is 14.4 Å². The van der Waals surface area contributed by atoms with Gasteiger partial charge in [-0.2, -0.15) is 0 Å². The van der Waals surface area contributed by atoms with Gasteiger partial charge in [0.2, 0.25) is 0 Å². The molecule has 0 unspecified atom stereocenters. The molecule has 0 saturated carbocycles. The van der Waals surface area contributed by atoms with E-state index in [4.69, 9.17) is 14.2 Å². The molecule has 73 heavy (non-hydrogen) atoms. The Hall–Kier alpha value is -2.63. The van der Waals surface area contributed by atoms with Crippen molar-refractivity contribution < 1.29 is 28.6 Å². The third kappa shape index (κ3) is 60.1. The van der Waals surface area contributed by atoms with Crippen LogP contribution < -0.4 is 0 Å². The van der Waals surface area contributed by atoms with Crippen LogP contribution in [0, 0.1) is 0 Å². The van der Waals surface area contributed by atoms with E-state index in [1.54, 1.807) is 0 Å². The van der Waals surface area contributed by atoms with Gasteiger partial charge >= 0.3 is 17.9 Å². The highest BCUT2D eigenvalue weighted by Crippen LogP contribution is 2.17. The monoisotopic (exact) mass is 1020 g/mol. The second-order valence-corrected chi connectivity index (χ2v) is 21.7. The molecule has 0 N–H and O–H groups in total. The second kappa shape index (κ2) is 61.9. The first kappa shape index (κ1) is 70.4. The Kier molecular flexibility index (Phi) is 59.7. The molecule has 6 heteroatoms. The summed E-state index contributed by atoms with van der Waals surface area (Å²) in [5, 5.41) is 0. The van der Waals surface area contributed by atoms with Crippen LogP contribution in [0.4, 0.5) is 0 Å². The molecular weight excluding hydrogens is 901 g/mol. The van der Waals surface area contributed by atoms with Gasteiger partial charge in [-0.15, -0.1) is 0 Å². The van der Waals surface area contributed by atoms with Crippen LogP contribution in [0.3, 0.4) is 0 Å². The number of unbranched alkanes of at least 4 members (excludes halogenated alkanes) is 40. The highest BCUT2D eigenvalue weighted by Gasteiger charge is 2.19. The van der Waals surface area contributed by atoms with Crippen LogP contribution in [-0.2, 0) is 28.6 Å². The number of rotatable bonds is 59. The molecule has 0 aliphatic rings. The summed E-state index contributed by atoms with van der Waals surface area (Å²) in [6.07, 6.45) is 76.8. The molecule has 6 nitrogen and oxygen atoms in total. The fourth-order valence-electron chi connectivity index (χ4n) is 9.45. The molecule has 0 aliphatic heterocycles. The van der Waals surface area contributed by atoms with Crippen LogP contribution in [0.25, 0.3) is 0 Å². The number of esters is 3. The van der Waals surface area contributed by atoms with E-state index in [-0.39, 0.29) is 31.1 Å². The van der Waals surface area contributed by atoms with Crippen LogP contribution >= 0.6 is 0 Å². The molecule has 0 radical (unpaired) electrons. The third-order valence-electron chi connectivity index (χ3n) is 14.3. The molecule has 0 aromatic carbocycles. The normalized spacial score (nSPS) is 12.3. The molecule has 0 spiro atoms. The zero-order chi connectivity index (χ0) is 52.9.